The minimum Gasteiger partial charge on any atom is -0.355 e. The fourth-order valence-corrected chi connectivity index (χ4v) is 1.46. The predicted molar refractivity (Wildman–Crippen MR) is 60.7 cm³/mol. The third kappa shape index (κ3) is 2.82. The third-order valence-corrected chi connectivity index (χ3v) is 2.56. The average Bonchev–Trinajstić information content (AvgIpc) is 3.12. The molecule has 2 amide bonds. The molecule has 0 saturated heterocycles. The molecule has 1 aliphatic rings. The Hall–Kier alpha value is -1.84. The molecule has 0 atom stereocenters. The molecule has 0 bridgehead atoms. The summed E-state index contributed by atoms with van der Waals surface area (Å²) >= 11 is 0. The number of carbonyl (C=O) groups is 2. The first-order valence-electron chi connectivity index (χ1n) is 5.36. The van der Waals surface area contributed by atoms with Crippen LogP contribution in [0.15, 0.2) is 24.3 Å². The number of amides is 2. The third-order valence-electron chi connectivity index (χ3n) is 2.56. The van der Waals surface area contributed by atoms with Crippen LogP contribution in [-0.4, -0.2) is 12.3 Å². The van der Waals surface area contributed by atoms with E-state index in [2.05, 4.69) is 10.6 Å². The number of anilines is 1. The Morgan fingerprint density at radius 1 is 1.31 bits per heavy atom. The highest BCUT2D eigenvalue weighted by Crippen LogP contribution is 2.30. The fourth-order valence-electron chi connectivity index (χ4n) is 1.46. The van der Waals surface area contributed by atoms with Crippen LogP contribution >= 0.6 is 0 Å². The molecule has 1 aliphatic carbocycles. The summed E-state index contributed by atoms with van der Waals surface area (Å²) in [7, 11) is 0. The van der Waals surface area contributed by atoms with E-state index < -0.39 is 0 Å². The molecule has 0 spiro atoms. The van der Waals surface area contributed by atoms with E-state index in [9.17, 15) is 9.59 Å². The summed E-state index contributed by atoms with van der Waals surface area (Å²) in [6.45, 7) is 0.514. The summed E-state index contributed by atoms with van der Waals surface area (Å²) in [5, 5.41) is 5.44. The van der Waals surface area contributed by atoms with Crippen molar-refractivity contribution in [1.29, 1.82) is 0 Å². The van der Waals surface area contributed by atoms with Gasteiger partial charge >= 0.3 is 0 Å². The van der Waals surface area contributed by atoms with Gasteiger partial charge in [-0.1, -0.05) is 12.1 Å². The molecule has 2 N–H and O–H groups in total. The van der Waals surface area contributed by atoms with Gasteiger partial charge in [-0.3, -0.25) is 9.59 Å². The van der Waals surface area contributed by atoms with Crippen molar-refractivity contribution in [2.75, 3.05) is 5.32 Å². The normalized spacial score (nSPS) is 14.2. The Labute approximate surface area is 94.0 Å². The van der Waals surface area contributed by atoms with Crippen LogP contribution in [0.5, 0.6) is 0 Å². The van der Waals surface area contributed by atoms with Gasteiger partial charge in [-0.05, 0) is 30.5 Å². The Morgan fingerprint density at radius 2 is 2.00 bits per heavy atom. The van der Waals surface area contributed by atoms with Crippen molar-refractivity contribution in [1.82, 2.24) is 5.32 Å². The molecule has 0 radical (unpaired) electrons. The Balaban J connectivity index is 1.90. The Kier molecular flexibility index (Phi) is 3.19. The molecule has 16 heavy (non-hydrogen) atoms. The smallest absolute Gasteiger partial charge is 0.227 e. The summed E-state index contributed by atoms with van der Waals surface area (Å²) in [5.41, 5.74) is 1.82. The first kappa shape index (κ1) is 10.7. The number of nitrogens with one attached hydrogen (secondary N) is 2. The zero-order valence-electron chi connectivity index (χ0n) is 8.90. The van der Waals surface area contributed by atoms with E-state index in [0.29, 0.717) is 13.0 Å². The lowest BCUT2D eigenvalue weighted by Gasteiger charge is -2.05. The lowest BCUT2D eigenvalue weighted by molar-refractivity contribution is -0.117. The van der Waals surface area contributed by atoms with Crippen molar-refractivity contribution in [3.8, 4) is 0 Å². The summed E-state index contributed by atoms with van der Waals surface area (Å²) in [5.74, 6) is 0.329. The van der Waals surface area contributed by atoms with Gasteiger partial charge in [0.25, 0.3) is 0 Å². The highest BCUT2D eigenvalue weighted by Gasteiger charge is 2.29. The van der Waals surface area contributed by atoms with Crippen LogP contribution in [-0.2, 0) is 16.1 Å². The summed E-state index contributed by atoms with van der Waals surface area (Å²) in [6, 6.07) is 7.47. The second-order valence-electron chi connectivity index (χ2n) is 3.96. The molecule has 1 aromatic rings. The molecular formula is C12H14N2O2. The number of rotatable bonds is 5. The van der Waals surface area contributed by atoms with Crippen LogP contribution in [0.1, 0.15) is 18.4 Å². The molecule has 2 rings (SSSR count). The van der Waals surface area contributed by atoms with Crippen molar-refractivity contribution in [3.05, 3.63) is 29.8 Å². The van der Waals surface area contributed by atoms with Crippen LogP contribution in [0.25, 0.3) is 0 Å². The summed E-state index contributed by atoms with van der Waals surface area (Å²) in [6.07, 6.45) is 2.68. The first-order chi connectivity index (χ1) is 7.79. The molecule has 1 fully saturated rings. The second kappa shape index (κ2) is 4.79. The van der Waals surface area contributed by atoms with E-state index in [-0.39, 0.29) is 11.8 Å². The number of benzene rings is 1. The van der Waals surface area contributed by atoms with Crippen LogP contribution in [0.2, 0.25) is 0 Å². The standard InChI is InChI=1S/C12H14N2O2/c15-8-13-7-9-1-5-11(6-2-9)14-12(16)10-3-4-10/h1-2,5-6,8,10H,3-4,7H2,(H,13,15)(H,14,16). The maximum absolute atomic E-state index is 11.5. The molecule has 4 heteroatoms. The topological polar surface area (TPSA) is 58.2 Å². The second-order valence-corrected chi connectivity index (χ2v) is 3.96. The maximum Gasteiger partial charge on any atom is 0.227 e. The lowest BCUT2D eigenvalue weighted by Crippen LogP contribution is -2.13. The van der Waals surface area contributed by atoms with Crippen molar-refractivity contribution < 1.29 is 9.59 Å². The average molecular weight is 218 g/mol. The van der Waals surface area contributed by atoms with Crippen molar-refractivity contribution >= 4 is 18.0 Å². The Morgan fingerprint density at radius 3 is 2.56 bits per heavy atom. The van der Waals surface area contributed by atoms with Crippen LogP contribution in [0, 0.1) is 5.92 Å². The number of hydrogen-bond donors (Lipinski definition) is 2. The molecule has 84 valence electrons. The van der Waals surface area contributed by atoms with E-state index in [0.717, 1.165) is 24.1 Å². The first-order valence-corrected chi connectivity index (χ1v) is 5.36. The van der Waals surface area contributed by atoms with Gasteiger partial charge in [-0.15, -0.1) is 0 Å². The van der Waals surface area contributed by atoms with Gasteiger partial charge in [-0.25, -0.2) is 0 Å². The molecule has 0 aliphatic heterocycles. The number of carbonyl (C=O) groups excluding carboxylic acids is 2. The van der Waals surface area contributed by atoms with E-state index in [1.54, 1.807) is 0 Å². The Bertz CT molecular complexity index is 383. The zero-order chi connectivity index (χ0) is 11.4. The molecule has 0 heterocycles. The maximum atomic E-state index is 11.5. The lowest BCUT2D eigenvalue weighted by atomic mass is 10.2. The van der Waals surface area contributed by atoms with E-state index in [1.807, 2.05) is 24.3 Å². The van der Waals surface area contributed by atoms with Crippen molar-refractivity contribution in [3.63, 3.8) is 0 Å². The molecule has 4 nitrogen and oxygen atoms in total. The van der Waals surface area contributed by atoms with Gasteiger partial charge in [-0.2, -0.15) is 0 Å². The largest absolute Gasteiger partial charge is 0.355 e. The minimum atomic E-state index is 0.110. The quantitative estimate of drug-likeness (QED) is 0.731. The van der Waals surface area contributed by atoms with Gasteiger partial charge < -0.3 is 10.6 Å². The van der Waals surface area contributed by atoms with Crippen LogP contribution < -0.4 is 10.6 Å². The zero-order valence-corrected chi connectivity index (χ0v) is 8.90. The monoisotopic (exact) mass is 218 g/mol. The SMILES string of the molecule is O=CNCc1ccc(NC(=O)C2CC2)cc1. The highest BCUT2D eigenvalue weighted by atomic mass is 16.2. The summed E-state index contributed by atoms with van der Waals surface area (Å²) < 4.78 is 0. The van der Waals surface area contributed by atoms with Crippen LogP contribution in [0.4, 0.5) is 5.69 Å². The van der Waals surface area contributed by atoms with E-state index in [4.69, 9.17) is 0 Å². The van der Waals surface area contributed by atoms with Gasteiger partial charge in [0.1, 0.15) is 0 Å². The highest BCUT2D eigenvalue weighted by molar-refractivity contribution is 5.93. The molecular weight excluding hydrogens is 204 g/mol. The minimum absolute atomic E-state index is 0.110. The van der Waals surface area contributed by atoms with Gasteiger partial charge in [0.2, 0.25) is 12.3 Å². The van der Waals surface area contributed by atoms with Gasteiger partial charge in [0, 0.05) is 18.2 Å². The van der Waals surface area contributed by atoms with Crippen molar-refractivity contribution in [2.24, 2.45) is 5.92 Å². The van der Waals surface area contributed by atoms with Gasteiger partial charge in [0.05, 0.1) is 0 Å². The predicted octanol–water partition coefficient (Wildman–Crippen LogP) is 1.28. The summed E-state index contributed by atoms with van der Waals surface area (Å²) in [4.78, 5) is 21.6. The molecule has 1 saturated carbocycles. The molecule has 0 unspecified atom stereocenters. The molecule has 0 aromatic heterocycles. The van der Waals surface area contributed by atoms with Gasteiger partial charge in [0.15, 0.2) is 0 Å². The fraction of sp³-hybridized carbons (Fsp3) is 0.333. The van der Waals surface area contributed by atoms with Crippen molar-refractivity contribution in [2.45, 2.75) is 19.4 Å². The van der Waals surface area contributed by atoms with E-state index >= 15 is 0 Å². The molecule has 1 aromatic carbocycles. The van der Waals surface area contributed by atoms with E-state index in [1.165, 1.54) is 0 Å². The number of hydrogen-bond acceptors (Lipinski definition) is 2. The van der Waals surface area contributed by atoms with Crippen LogP contribution in [0.3, 0.4) is 0 Å².